The molecule has 2 aliphatic heterocycles. The number of carbonyl (C=O) groups excluding carboxylic acids is 1. The van der Waals surface area contributed by atoms with Crippen LogP contribution in [-0.4, -0.2) is 62.8 Å². The van der Waals surface area contributed by atoms with Crippen LogP contribution in [0.25, 0.3) is 0 Å². The van der Waals surface area contributed by atoms with E-state index in [1.807, 2.05) is 0 Å². The van der Waals surface area contributed by atoms with Crippen LogP contribution in [0.3, 0.4) is 0 Å². The second-order valence-corrected chi connectivity index (χ2v) is 10.9. The summed E-state index contributed by atoms with van der Waals surface area (Å²) in [5, 5.41) is 3.17. The lowest BCUT2D eigenvalue weighted by Gasteiger charge is -2.30. The normalized spacial score (nSPS) is 20.1. The number of carbonyl (C=O) groups is 1. The van der Waals surface area contributed by atoms with E-state index in [1.54, 1.807) is 0 Å². The molecule has 0 spiro atoms. The van der Waals surface area contributed by atoms with E-state index in [2.05, 4.69) is 17.1 Å². The molecule has 0 aliphatic carbocycles. The Morgan fingerprint density at radius 1 is 1.10 bits per heavy atom. The number of likely N-dealkylation sites (tertiary alicyclic amines) is 1. The molecule has 1 aromatic carbocycles. The lowest BCUT2D eigenvalue weighted by molar-refractivity contribution is 0.0950. The third-order valence-corrected chi connectivity index (χ3v) is 8.42. The molecule has 2 heterocycles. The Morgan fingerprint density at radius 3 is 2.43 bits per heavy atom. The second kappa shape index (κ2) is 10.9. The van der Waals surface area contributed by atoms with Crippen LogP contribution in [-0.2, 0) is 10.0 Å². The number of amides is 1. The molecule has 0 radical (unpaired) electrons. The Hall–Kier alpha value is -1.15. The second-order valence-electron chi connectivity index (χ2n) is 8.59. The fraction of sp³-hybridized carbons (Fsp3) is 0.682. The van der Waals surface area contributed by atoms with E-state index < -0.39 is 10.0 Å². The van der Waals surface area contributed by atoms with Crippen molar-refractivity contribution in [3.05, 3.63) is 28.8 Å². The average Bonchev–Trinajstić information content (AvgIpc) is 3.03. The highest BCUT2D eigenvalue weighted by Gasteiger charge is 2.26. The first kappa shape index (κ1) is 23.5. The Bertz CT molecular complexity index is 815. The fourth-order valence-corrected chi connectivity index (χ4v) is 5.90. The Kier molecular flexibility index (Phi) is 8.57. The first-order valence-corrected chi connectivity index (χ1v) is 13.0. The summed E-state index contributed by atoms with van der Waals surface area (Å²) in [5.41, 5.74) is 0.222. The minimum Gasteiger partial charge on any atom is -0.352 e. The lowest BCUT2D eigenvalue weighted by Crippen LogP contribution is -2.35. The largest absolute Gasteiger partial charge is 0.352 e. The number of sulfonamides is 1. The summed E-state index contributed by atoms with van der Waals surface area (Å²) >= 11 is 6.22. The quantitative estimate of drug-likeness (QED) is 0.635. The van der Waals surface area contributed by atoms with E-state index in [0.717, 1.165) is 57.7 Å². The van der Waals surface area contributed by atoms with Gasteiger partial charge in [-0.1, -0.05) is 31.4 Å². The summed E-state index contributed by atoms with van der Waals surface area (Å²) in [4.78, 5) is 15.2. The van der Waals surface area contributed by atoms with Crippen LogP contribution < -0.4 is 5.32 Å². The standard InChI is InChI=1S/C22H34ClN3O3S/c1-18-9-15-25(16-10-18)12-6-11-24-22(27)20-17-19(7-8-21(20)23)30(28,29)26-13-4-2-3-5-14-26/h7-8,17-18H,2-6,9-16H2,1H3,(H,24,27). The molecule has 30 heavy (non-hydrogen) atoms. The van der Waals surface area contributed by atoms with Crippen molar-refractivity contribution >= 4 is 27.5 Å². The van der Waals surface area contributed by atoms with E-state index in [4.69, 9.17) is 11.6 Å². The molecule has 168 valence electrons. The van der Waals surface area contributed by atoms with Crippen LogP contribution in [0.15, 0.2) is 23.1 Å². The molecule has 0 atom stereocenters. The fourth-order valence-electron chi connectivity index (χ4n) is 4.16. The van der Waals surface area contributed by atoms with Gasteiger partial charge in [0.1, 0.15) is 0 Å². The highest BCUT2D eigenvalue weighted by molar-refractivity contribution is 7.89. The van der Waals surface area contributed by atoms with Crippen molar-refractivity contribution in [1.29, 1.82) is 0 Å². The summed E-state index contributed by atoms with van der Waals surface area (Å²) in [6, 6.07) is 4.43. The molecular formula is C22H34ClN3O3S. The maximum atomic E-state index is 13.0. The van der Waals surface area contributed by atoms with Crippen molar-refractivity contribution in [2.24, 2.45) is 5.92 Å². The molecule has 0 saturated carbocycles. The predicted molar refractivity (Wildman–Crippen MR) is 120 cm³/mol. The van der Waals surface area contributed by atoms with Crippen molar-refractivity contribution in [1.82, 2.24) is 14.5 Å². The van der Waals surface area contributed by atoms with Gasteiger partial charge >= 0.3 is 0 Å². The van der Waals surface area contributed by atoms with Crippen LogP contribution in [0.5, 0.6) is 0 Å². The number of nitrogens with zero attached hydrogens (tertiary/aromatic N) is 2. The van der Waals surface area contributed by atoms with Gasteiger partial charge in [-0.3, -0.25) is 4.79 Å². The van der Waals surface area contributed by atoms with E-state index in [1.165, 1.54) is 35.3 Å². The van der Waals surface area contributed by atoms with Gasteiger partial charge in [-0.25, -0.2) is 8.42 Å². The van der Waals surface area contributed by atoms with Crippen molar-refractivity contribution in [2.45, 2.75) is 56.8 Å². The minimum atomic E-state index is -3.61. The van der Waals surface area contributed by atoms with Gasteiger partial charge in [-0.2, -0.15) is 4.31 Å². The average molecular weight is 456 g/mol. The number of nitrogens with one attached hydrogen (secondary N) is 1. The van der Waals surface area contributed by atoms with Gasteiger partial charge in [0.05, 0.1) is 15.5 Å². The zero-order valence-corrected chi connectivity index (χ0v) is 19.5. The molecule has 6 nitrogen and oxygen atoms in total. The number of rotatable bonds is 7. The van der Waals surface area contributed by atoms with Crippen LogP contribution in [0, 0.1) is 5.92 Å². The SMILES string of the molecule is CC1CCN(CCCNC(=O)c2cc(S(=O)(=O)N3CCCCCC3)ccc2Cl)CC1. The van der Waals surface area contributed by atoms with Crippen molar-refractivity contribution in [3.63, 3.8) is 0 Å². The maximum absolute atomic E-state index is 13.0. The molecule has 8 heteroatoms. The van der Waals surface area contributed by atoms with Crippen LogP contribution >= 0.6 is 11.6 Å². The smallest absolute Gasteiger partial charge is 0.252 e. The number of hydrogen-bond donors (Lipinski definition) is 1. The summed E-state index contributed by atoms with van der Waals surface area (Å²) in [6.07, 6.45) is 7.18. The minimum absolute atomic E-state index is 0.140. The van der Waals surface area contributed by atoms with Crippen molar-refractivity contribution in [3.8, 4) is 0 Å². The van der Waals surface area contributed by atoms with Gasteiger partial charge in [0, 0.05) is 19.6 Å². The summed E-state index contributed by atoms with van der Waals surface area (Å²) in [6.45, 7) is 7.11. The van der Waals surface area contributed by atoms with Crippen molar-refractivity contribution < 1.29 is 13.2 Å². The van der Waals surface area contributed by atoms with Gasteiger partial charge in [-0.15, -0.1) is 0 Å². The molecule has 1 amide bonds. The molecule has 1 N–H and O–H groups in total. The molecule has 3 rings (SSSR count). The molecule has 2 aliphatic rings. The Labute approximate surface area is 186 Å². The van der Waals surface area contributed by atoms with Crippen LogP contribution in [0.2, 0.25) is 5.02 Å². The molecule has 1 aromatic rings. The number of piperidine rings is 1. The van der Waals surface area contributed by atoms with Crippen molar-refractivity contribution in [2.75, 3.05) is 39.3 Å². The summed E-state index contributed by atoms with van der Waals surface area (Å²) < 4.78 is 27.6. The first-order valence-electron chi connectivity index (χ1n) is 11.2. The monoisotopic (exact) mass is 455 g/mol. The van der Waals surface area contributed by atoms with E-state index >= 15 is 0 Å². The van der Waals surface area contributed by atoms with E-state index in [9.17, 15) is 13.2 Å². The predicted octanol–water partition coefficient (Wildman–Crippen LogP) is 3.76. The summed E-state index contributed by atoms with van der Waals surface area (Å²) in [5.74, 6) is 0.487. The number of hydrogen-bond acceptors (Lipinski definition) is 4. The third kappa shape index (κ3) is 6.19. The third-order valence-electron chi connectivity index (χ3n) is 6.20. The molecular weight excluding hydrogens is 422 g/mol. The zero-order chi connectivity index (χ0) is 21.6. The van der Waals surface area contributed by atoms with E-state index in [0.29, 0.717) is 19.6 Å². The Balaban J connectivity index is 1.58. The van der Waals surface area contributed by atoms with Crippen LogP contribution in [0.1, 0.15) is 62.2 Å². The highest BCUT2D eigenvalue weighted by atomic mass is 35.5. The lowest BCUT2D eigenvalue weighted by atomic mass is 9.99. The topological polar surface area (TPSA) is 69.7 Å². The van der Waals surface area contributed by atoms with Gasteiger partial charge in [0.25, 0.3) is 5.91 Å². The Morgan fingerprint density at radius 2 is 1.77 bits per heavy atom. The van der Waals surface area contributed by atoms with E-state index in [-0.39, 0.29) is 21.4 Å². The molecule has 2 fully saturated rings. The van der Waals surface area contributed by atoms with Gasteiger partial charge in [0.2, 0.25) is 10.0 Å². The zero-order valence-electron chi connectivity index (χ0n) is 17.9. The molecule has 0 aromatic heterocycles. The number of benzene rings is 1. The van der Waals surface area contributed by atoms with Gasteiger partial charge in [0.15, 0.2) is 0 Å². The molecule has 0 unspecified atom stereocenters. The van der Waals surface area contributed by atoms with Gasteiger partial charge in [-0.05, 0) is 75.9 Å². The highest BCUT2D eigenvalue weighted by Crippen LogP contribution is 2.25. The van der Waals surface area contributed by atoms with Gasteiger partial charge < -0.3 is 10.2 Å². The number of halogens is 1. The van der Waals surface area contributed by atoms with Crippen LogP contribution in [0.4, 0.5) is 0 Å². The molecule has 0 bridgehead atoms. The summed E-state index contributed by atoms with van der Waals surface area (Å²) in [7, 11) is -3.61. The first-order chi connectivity index (χ1) is 14.4. The maximum Gasteiger partial charge on any atom is 0.252 e. The molecule has 2 saturated heterocycles.